The van der Waals surface area contributed by atoms with Crippen LogP contribution in [0.2, 0.25) is 0 Å². The molecule has 1 aromatic carbocycles. The fraction of sp³-hybridized carbons (Fsp3) is 0.480. The second kappa shape index (κ2) is 12.3. The number of amides is 3. The smallest absolute Gasteiger partial charge is 0.325 e. The number of carbonyl (C=O) groups is 3. The van der Waals surface area contributed by atoms with Gasteiger partial charge in [0.25, 0.3) is 0 Å². The zero-order valence-electron chi connectivity index (χ0n) is 20.3. The number of benzene rings is 1. The van der Waals surface area contributed by atoms with Crippen LogP contribution in [0.25, 0.3) is 0 Å². The molecule has 1 saturated heterocycles. The van der Waals surface area contributed by atoms with Crippen LogP contribution in [0.15, 0.2) is 41.0 Å². The number of nitrogens with zero attached hydrogens (tertiary/aromatic N) is 2. The first kappa shape index (κ1) is 25.4. The number of hydrogen-bond donors (Lipinski definition) is 1. The predicted octanol–water partition coefficient (Wildman–Crippen LogP) is 2.29. The first-order chi connectivity index (χ1) is 17.5. The van der Waals surface area contributed by atoms with Crippen molar-refractivity contribution in [2.75, 3.05) is 39.6 Å². The van der Waals surface area contributed by atoms with Crippen molar-refractivity contribution in [2.24, 2.45) is 0 Å². The van der Waals surface area contributed by atoms with E-state index >= 15 is 0 Å². The summed E-state index contributed by atoms with van der Waals surface area (Å²) in [5.41, 5.74) is 0.844. The van der Waals surface area contributed by atoms with Crippen LogP contribution in [-0.2, 0) is 32.2 Å². The average molecular weight is 502 g/mol. The van der Waals surface area contributed by atoms with Gasteiger partial charge in [-0.15, -0.1) is 0 Å². The molecule has 36 heavy (non-hydrogen) atoms. The van der Waals surface area contributed by atoms with E-state index in [1.54, 1.807) is 36.3 Å². The maximum atomic E-state index is 13.5. The molecule has 1 unspecified atom stereocenters. The highest BCUT2D eigenvalue weighted by molar-refractivity contribution is 5.86. The summed E-state index contributed by atoms with van der Waals surface area (Å²) in [6, 6.07) is 8.52. The van der Waals surface area contributed by atoms with Crippen molar-refractivity contribution in [3.63, 3.8) is 0 Å². The number of urea groups is 1. The Balaban J connectivity index is 1.47. The topological polar surface area (TPSA) is 120 Å². The molecule has 2 aromatic rings. The second-order valence-electron chi connectivity index (χ2n) is 8.50. The third kappa shape index (κ3) is 6.91. The number of fused-ring (bicyclic) bond motifs is 1. The Bertz CT molecular complexity index is 1040. The van der Waals surface area contributed by atoms with E-state index < -0.39 is 12.0 Å². The van der Waals surface area contributed by atoms with Gasteiger partial charge in [-0.05, 0) is 49.6 Å². The third-order valence-corrected chi connectivity index (χ3v) is 5.84. The van der Waals surface area contributed by atoms with E-state index in [9.17, 15) is 14.4 Å². The number of hydrogen-bond acceptors (Lipinski definition) is 8. The van der Waals surface area contributed by atoms with E-state index in [1.807, 2.05) is 12.1 Å². The lowest BCUT2D eigenvalue weighted by atomic mass is 10.1. The summed E-state index contributed by atoms with van der Waals surface area (Å²) in [5.74, 6) is 1.06. The molecule has 0 bridgehead atoms. The lowest BCUT2D eigenvalue weighted by Crippen LogP contribution is -2.50. The van der Waals surface area contributed by atoms with Gasteiger partial charge in [-0.1, -0.05) is 6.07 Å². The van der Waals surface area contributed by atoms with E-state index in [4.69, 9.17) is 23.4 Å². The van der Waals surface area contributed by atoms with Gasteiger partial charge in [0.1, 0.15) is 18.8 Å². The van der Waals surface area contributed by atoms with E-state index in [0.717, 1.165) is 18.4 Å². The van der Waals surface area contributed by atoms with E-state index in [2.05, 4.69) is 5.32 Å². The molecule has 11 nitrogen and oxygen atoms in total. The van der Waals surface area contributed by atoms with Gasteiger partial charge in [-0.3, -0.25) is 9.59 Å². The number of carbonyl (C=O) groups excluding carboxylic acids is 3. The number of rotatable bonds is 11. The van der Waals surface area contributed by atoms with Gasteiger partial charge in [0, 0.05) is 19.7 Å². The SMILES string of the molecule is CCOC(=O)CNC(=O)N(CC(=O)N(Cc1ccc2c(c1)OCO2)Cc1ccco1)CC1CCCO1. The third-order valence-electron chi connectivity index (χ3n) is 5.84. The zero-order valence-corrected chi connectivity index (χ0v) is 20.3. The first-order valence-electron chi connectivity index (χ1n) is 12.0. The highest BCUT2D eigenvalue weighted by Crippen LogP contribution is 2.33. The Morgan fingerprint density at radius 2 is 1.97 bits per heavy atom. The van der Waals surface area contributed by atoms with Crippen LogP contribution in [0.3, 0.4) is 0 Å². The predicted molar refractivity (Wildman–Crippen MR) is 126 cm³/mol. The summed E-state index contributed by atoms with van der Waals surface area (Å²) in [4.78, 5) is 41.2. The van der Waals surface area contributed by atoms with Crippen LogP contribution in [0.5, 0.6) is 11.5 Å². The summed E-state index contributed by atoms with van der Waals surface area (Å²) >= 11 is 0. The van der Waals surface area contributed by atoms with Crippen molar-refractivity contribution >= 4 is 17.9 Å². The maximum Gasteiger partial charge on any atom is 0.325 e. The van der Waals surface area contributed by atoms with E-state index in [0.29, 0.717) is 23.9 Å². The van der Waals surface area contributed by atoms with Gasteiger partial charge in [0.2, 0.25) is 12.7 Å². The van der Waals surface area contributed by atoms with Gasteiger partial charge >= 0.3 is 12.0 Å². The minimum Gasteiger partial charge on any atom is -0.467 e. The monoisotopic (exact) mass is 501 g/mol. The van der Waals surface area contributed by atoms with Crippen molar-refractivity contribution in [3.8, 4) is 11.5 Å². The number of furan rings is 1. The van der Waals surface area contributed by atoms with Crippen LogP contribution in [0.4, 0.5) is 4.79 Å². The molecule has 11 heteroatoms. The maximum absolute atomic E-state index is 13.5. The molecule has 1 atom stereocenters. The normalized spacial score (nSPS) is 16.0. The molecular formula is C25H31N3O8. The number of ether oxygens (including phenoxy) is 4. The lowest BCUT2D eigenvalue weighted by molar-refractivity contribution is -0.141. The average Bonchev–Trinajstić information content (AvgIpc) is 3.65. The summed E-state index contributed by atoms with van der Waals surface area (Å²) in [7, 11) is 0. The Morgan fingerprint density at radius 3 is 2.72 bits per heavy atom. The highest BCUT2D eigenvalue weighted by Gasteiger charge is 2.27. The summed E-state index contributed by atoms with van der Waals surface area (Å²) < 4.78 is 26.9. The molecule has 4 rings (SSSR count). The first-order valence-corrected chi connectivity index (χ1v) is 12.0. The van der Waals surface area contributed by atoms with Crippen molar-refractivity contribution in [2.45, 2.75) is 39.0 Å². The van der Waals surface area contributed by atoms with Crippen LogP contribution >= 0.6 is 0 Å². The Labute approximate surface area is 209 Å². The molecule has 0 radical (unpaired) electrons. The molecule has 0 aliphatic carbocycles. The molecule has 1 aromatic heterocycles. The van der Waals surface area contributed by atoms with Crippen LogP contribution in [0.1, 0.15) is 31.1 Å². The summed E-state index contributed by atoms with van der Waals surface area (Å²) in [6.07, 6.45) is 3.07. The zero-order chi connectivity index (χ0) is 25.3. The minimum absolute atomic E-state index is 0.160. The minimum atomic E-state index is -0.545. The molecule has 0 spiro atoms. The number of esters is 1. The highest BCUT2D eigenvalue weighted by atomic mass is 16.7. The lowest BCUT2D eigenvalue weighted by Gasteiger charge is -2.29. The van der Waals surface area contributed by atoms with Gasteiger partial charge in [0.15, 0.2) is 11.5 Å². The van der Waals surface area contributed by atoms with Gasteiger partial charge in [-0.25, -0.2) is 4.79 Å². The standard InChI is InChI=1S/C25H31N3O8/c1-2-32-24(30)12-26-25(31)28(15-20-6-4-10-34-20)16-23(29)27(14-19-5-3-9-33-19)13-18-7-8-21-22(11-18)36-17-35-21/h3,5,7-9,11,20H,2,4,6,10,12-17H2,1H3,(H,26,31). The summed E-state index contributed by atoms with van der Waals surface area (Å²) in [5, 5.41) is 2.55. The van der Waals surface area contributed by atoms with Gasteiger partial charge in [0.05, 0.1) is 25.5 Å². The van der Waals surface area contributed by atoms with Crippen LogP contribution in [-0.4, -0.2) is 73.5 Å². The Hall–Kier alpha value is -3.73. The Morgan fingerprint density at radius 1 is 1.11 bits per heavy atom. The Kier molecular flexibility index (Phi) is 8.66. The fourth-order valence-electron chi connectivity index (χ4n) is 4.07. The second-order valence-corrected chi connectivity index (χ2v) is 8.50. The van der Waals surface area contributed by atoms with Crippen molar-refractivity contribution < 1.29 is 37.7 Å². The van der Waals surface area contributed by atoms with Crippen LogP contribution < -0.4 is 14.8 Å². The van der Waals surface area contributed by atoms with E-state index in [1.165, 1.54) is 4.90 Å². The van der Waals surface area contributed by atoms with Crippen LogP contribution in [0, 0.1) is 0 Å². The van der Waals surface area contributed by atoms with Crippen molar-refractivity contribution in [1.29, 1.82) is 0 Å². The van der Waals surface area contributed by atoms with Crippen molar-refractivity contribution in [3.05, 3.63) is 47.9 Å². The molecule has 1 N–H and O–H groups in total. The van der Waals surface area contributed by atoms with E-state index in [-0.39, 0.29) is 58.1 Å². The molecule has 2 aliphatic rings. The molecule has 3 amide bonds. The van der Waals surface area contributed by atoms with Crippen molar-refractivity contribution in [1.82, 2.24) is 15.1 Å². The summed E-state index contributed by atoms with van der Waals surface area (Å²) in [6.45, 7) is 2.94. The van der Waals surface area contributed by atoms with Gasteiger partial charge < -0.3 is 38.5 Å². The number of nitrogens with one attached hydrogen (secondary N) is 1. The molecule has 0 saturated carbocycles. The molecule has 1 fully saturated rings. The molecule has 2 aliphatic heterocycles. The molecular weight excluding hydrogens is 470 g/mol. The fourth-order valence-corrected chi connectivity index (χ4v) is 4.07. The molecule has 3 heterocycles. The largest absolute Gasteiger partial charge is 0.467 e. The quantitative estimate of drug-likeness (QED) is 0.466. The van der Waals surface area contributed by atoms with Gasteiger partial charge in [-0.2, -0.15) is 0 Å². The molecule has 194 valence electrons.